The minimum Gasteiger partial charge on any atom is -0.490 e. The molecule has 53 heavy (non-hydrogen) atoms. The first-order valence-corrected chi connectivity index (χ1v) is 20.6. The molecule has 13 heteroatoms. The van der Waals surface area contributed by atoms with Crippen molar-refractivity contribution in [3.05, 3.63) is 83.2 Å². The van der Waals surface area contributed by atoms with Crippen LogP contribution in [0.25, 0.3) is 11.1 Å². The molecule has 6 N–H and O–H groups in total. The van der Waals surface area contributed by atoms with Gasteiger partial charge in [0.15, 0.2) is 0 Å². The predicted molar refractivity (Wildman–Crippen MR) is 202 cm³/mol. The Morgan fingerprint density at radius 1 is 1.04 bits per heavy atom. The number of pyridine rings is 1. The molecule has 1 amide bonds. The highest BCUT2D eigenvalue weighted by Crippen LogP contribution is 2.50. The number of nitrogens with zero attached hydrogens (tertiary/aromatic N) is 2. The van der Waals surface area contributed by atoms with Crippen molar-refractivity contribution in [3.8, 4) is 16.9 Å². The van der Waals surface area contributed by atoms with E-state index in [0.717, 1.165) is 59.3 Å². The molecule has 12 nitrogen and oxygen atoms in total. The number of amides is 1. The molecule has 0 saturated heterocycles. The average molecular weight is 754 g/mol. The molecule has 3 aromatic rings. The molecular formula is C40H55N3O9S. The molecule has 2 aliphatic rings. The number of ether oxygens (including phenoxy) is 1. The van der Waals surface area contributed by atoms with Crippen molar-refractivity contribution in [2.45, 2.75) is 107 Å². The van der Waals surface area contributed by atoms with Gasteiger partial charge in [0.1, 0.15) is 40.0 Å². The maximum atomic E-state index is 13.2. The fraction of sp³-hybridized carbons (Fsp3) is 0.550. The van der Waals surface area contributed by atoms with Gasteiger partial charge in [0.05, 0.1) is 18.5 Å². The summed E-state index contributed by atoms with van der Waals surface area (Å²) in [4.78, 5) is 18.9. The van der Waals surface area contributed by atoms with Crippen molar-refractivity contribution in [1.29, 1.82) is 0 Å². The Morgan fingerprint density at radius 2 is 1.75 bits per heavy atom. The van der Waals surface area contributed by atoms with Crippen LogP contribution in [0.4, 0.5) is 0 Å². The third-order valence-electron chi connectivity index (χ3n) is 10.5. The minimum atomic E-state index is -3.44. The van der Waals surface area contributed by atoms with Gasteiger partial charge in [0.2, 0.25) is 5.91 Å². The Balaban J connectivity index is 1.20. The molecule has 5 atom stereocenters. The third-order valence-corrected chi connectivity index (χ3v) is 11.4. The molecule has 0 aliphatic heterocycles. The summed E-state index contributed by atoms with van der Waals surface area (Å²) in [5, 5.41) is 53.4. The predicted octanol–water partition coefficient (Wildman–Crippen LogP) is 2.96. The Bertz CT molecular complexity index is 1800. The van der Waals surface area contributed by atoms with E-state index in [0.29, 0.717) is 25.5 Å². The van der Waals surface area contributed by atoms with Gasteiger partial charge in [-0.3, -0.25) is 9.78 Å². The van der Waals surface area contributed by atoms with E-state index in [9.17, 15) is 33.6 Å². The zero-order chi connectivity index (χ0) is 38.3. The number of carbonyl (C=O) groups is 1. The van der Waals surface area contributed by atoms with Crippen molar-refractivity contribution in [2.75, 3.05) is 31.7 Å². The normalized spacial score (nSPS) is 18.1. The summed E-state index contributed by atoms with van der Waals surface area (Å²) in [6, 6.07) is 16.8. The van der Waals surface area contributed by atoms with Crippen molar-refractivity contribution >= 4 is 15.7 Å². The number of rotatable bonds is 21. The van der Waals surface area contributed by atoms with E-state index >= 15 is 0 Å². The van der Waals surface area contributed by atoms with Crippen LogP contribution >= 0.6 is 0 Å². The number of hydrogen-bond donors (Lipinski definition) is 6. The molecule has 1 aromatic heterocycles. The summed E-state index contributed by atoms with van der Waals surface area (Å²) in [6.07, 6.45) is 3.53. The van der Waals surface area contributed by atoms with Gasteiger partial charge in [-0.2, -0.15) is 0 Å². The molecule has 0 radical (unpaired) electrons. The van der Waals surface area contributed by atoms with Gasteiger partial charge in [0.25, 0.3) is 0 Å². The Hall–Kier alpha value is -3.43. The SMILES string of the molecule is Cc1ccc([C@@H](C)CCCC(=O)N(CCS(C)(=O)=O)C[C@H](O)[C@@H](O)[C@H](O)[C@H](O)CO)cc1CNC1(c2cnccc2-c2ccccc2OC2CC2)CC1. The largest absolute Gasteiger partial charge is 0.490 e. The Labute approximate surface area is 312 Å². The lowest BCUT2D eigenvalue weighted by molar-refractivity contribution is -0.139. The van der Waals surface area contributed by atoms with Crippen LogP contribution in [0.1, 0.15) is 80.0 Å². The molecule has 2 fully saturated rings. The van der Waals surface area contributed by atoms with Crippen LogP contribution in [-0.4, -0.2) is 112 Å². The zero-order valence-electron chi connectivity index (χ0n) is 30.9. The molecular weight excluding hydrogens is 699 g/mol. The highest BCUT2D eigenvalue weighted by molar-refractivity contribution is 7.90. The minimum absolute atomic E-state index is 0.0871. The van der Waals surface area contributed by atoms with Crippen molar-refractivity contribution < 1.29 is 43.5 Å². The first-order chi connectivity index (χ1) is 25.2. The maximum Gasteiger partial charge on any atom is 0.222 e. The highest BCUT2D eigenvalue weighted by atomic mass is 32.2. The number of benzene rings is 2. The topological polar surface area (TPSA) is 190 Å². The lowest BCUT2D eigenvalue weighted by Crippen LogP contribution is -2.51. The fourth-order valence-corrected chi connectivity index (χ4v) is 7.21. The lowest BCUT2D eigenvalue weighted by Gasteiger charge is -2.30. The molecule has 290 valence electrons. The van der Waals surface area contributed by atoms with E-state index in [1.165, 1.54) is 16.7 Å². The number of nitrogens with one attached hydrogen (secondary N) is 1. The zero-order valence-corrected chi connectivity index (χ0v) is 31.7. The number of aromatic nitrogens is 1. The number of para-hydroxylation sites is 1. The van der Waals surface area contributed by atoms with Crippen molar-refractivity contribution in [1.82, 2.24) is 15.2 Å². The molecule has 2 aromatic carbocycles. The Kier molecular flexibility index (Phi) is 13.7. The number of sulfone groups is 1. The van der Waals surface area contributed by atoms with Crippen LogP contribution in [0, 0.1) is 6.92 Å². The molecule has 2 aliphatic carbocycles. The van der Waals surface area contributed by atoms with Crippen LogP contribution < -0.4 is 10.1 Å². The van der Waals surface area contributed by atoms with Crippen LogP contribution in [0.2, 0.25) is 0 Å². The summed E-state index contributed by atoms with van der Waals surface area (Å²) in [7, 11) is -3.44. The van der Waals surface area contributed by atoms with Gasteiger partial charge >= 0.3 is 0 Å². The second-order valence-electron chi connectivity index (χ2n) is 14.9. The van der Waals surface area contributed by atoms with Crippen LogP contribution in [0.3, 0.4) is 0 Å². The molecule has 5 rings (SSSR count). The monoisotopic (exact) mass is 753 g/mol. The van der Waals surface area contributed by atoms with Gasteiger partial charge < -0.3 is 40.5 Å². The molecule has 1 heterocycles. The van der Waals surface area contributed by atoms with Gasteiger partial charge in [-0.25, -0.2) is 8.42 Å². The van der Waals surface area contributed by atoms with E-state index in [2.05, 4.69) is 54.5 Å². The number of carbonyl (C=O) groups excluding carboxylic acids is 1. The second-order valence-corrected chi connectivity index (χ2v) is 17.2. The van der Waals surface area contributed by atoms with E-state index < -0.39 is 53.3 Å². The van der Waals surface area contributed by atoms with E-state index in [1.807, 2.05) is 30.6 Å². The van der Waals surface area contributed by atoms with Crippen LogP contribution in [0.5, 0.6) is 5.75 Å². The van der Waals surface area contributed by atoms with Crippen LogP contribution in [0.15, 0.2) is 60.9 Å². The van der Waals surface area contributed by atoms with Gasteiger partial charge in [-0.15, -0.1) is 0 Å². The van der Waals surface area contributed by atoms with Crippen molar-refractivity contribution in [3.63, 3.8) is 0 Å². The van der Waals surface area contributed by atoms with E-state index in [1.54, 1.807) is 0 Å². The summed E-state index contributed by atoms with van der Waals surface area (Å²) in [5.41, 5.74) is 6.70. The van der Waals surface area contributed by atoms with Gasteiger partial charge in [-0.1, -0.05) is 43.3 Å². The fourth-order valence-electron chi connectivity index (χ4n) is 6.66. The number of hydrogen-bond acceptors (Lipinski definition) is 11. The highest BCUT2D eigenvalue weighted by Gasteiger charge is 2.46. The summed E-state index contributed by atoms with van der Waals surface area (Å²) < 4.78 is 30.0. The molecule has 0 unspecified atom stereocenters. The van der Waals surface area contributed by atoms with Crippen LogP contribution in [-0.2, 0) is 26.7 Å². The average Bonchev–Trinajstić information content (AvgIpc) is 4.09. The first kappa shape index (κ1) is 40.7. The standard InChI is InChI=1S/C40H55N3O9S/c1-26(7-6-10-37(47)43(19-20-53(3,50)51)24-34(45)38(48)39(49)35(46)25-44)28-12-11-27(2)29(21-28)22-42-40(16-17-40)33-23-41-18-15-31(33)32-8-4-5-9-36(32)52-30-13-14-30/h4-5,8-9,11-12,15,18,21,23,26,30,34-35,38-39,42,44-46,48-49H,6-7,10,13-14,16-17,19-20,22,24-25H2,1-3H3/t26-,34-,35+,38+,39+/m0/s1. The Morgan fingerprint density at radius 3 is 2.43 bits per heavy atom. The second kappa shape index (κ2) is 17.8. The number of aliphatic hydroxyl groups is 5. The summed E-state index contributed by atoms with van der Waals surface area (Å²) >= 11 is 0. The molecule has 0 bridgehead atoms. The first-order valence-electron chi connectivity index (χ1n) is 18.5. The van der Waals surface area contributed by atoms with Gasteiger partial charge in [0, 0.05) is 55.8 Å². The van der Waals surface area contributed by atoms with Gasteiger partial charge in [-0.05, 0) is 91.3 Å². The summed E-state index contributed by atoms with van der Waals surface area (Å²) in [6.45, 7) is 3.40. The smallest absolute Gasteiger partial charge is 0.222 e. The number of aryl methyl sites for hydroxylation is 1. The summed E-state index contributed by atoms with van der Waals surface area (Å²) in [5.74, 6) is 0.289. The van der Waals surface area contributed by atoms with E-state index in [-0.39, 0.29) is 30.2 Å². The van der Waals surface area contributed by atoms with Crippen molar-refractivity contribution in [2.24, 2.45) is 0 Å². The maximum absolute atomic E-state index is 13.2. The number of aliphatic hydroxyl groups excluding tert-OH is 5. The van der Waals surface area contributed by atoms with E-state index in [4.69, 9.17) is 9.84 Å². The third kappa shape index (κ3) is 11.1. The lowest BCUT2D eigenvalue weighted by atomic mass is 9.91. The molecule has 0 spiro atoms. The molecule has 2 saturated carbocycles. The quantitative estimate of drug-likeness (QED) is 0.0939.